The lowest BCUT2D eigenvalue weighted by Crippen LogP contribution is -2.50. The molecule has 3 nitrogen and oxygen atoms in total. The summed E-state index contributed by atoms with van der Waals surface area (Å²) >= 11 is 0. The summed E-state index contributed by atoms with van der Waals surface area (Å²) < 4.78 is 5.38. The Balaban J connectivity index is 2.12. The van der Waals surface area contributed by atoms with Crippen LogP contribution >= 0.6 is 0 Å². The second-order valence-electron chi connectivity index (χ2n) is 4.33. The summed E-state index contributed by atoms with van der Waals surface area (Å²) in [7, 11) is 0. The first-order valence-corrected chi connectivity index (χ1v) is 6.32. The van der Waals surface area contributed by atoms with E-state index in [0.29, 0.717) is 0 Å². The molecule has 3 heteroatoms. The maximum absolute atomic E-state index is 5.38. The number of hydrogen-bond donors (Lipinski definition) is 0. The molecule has 0 aliphatic carbocycles. The second-order valence-corrected chi connectivity index (χ2v) is 4.33. The van der Waals surface area contributed by atoms with Gasteiger partial charge in [-0.3, -0.25) is 9.80 Å². The molecule has 0 radical (unpaired) electrons. The molecule has 1 aliphatic heterocycles. The SMILES string of the molecule is CCOCCN1CCN(C(C)CC)CC1. The Labute approximate surface area is 94.4 Å². The molecular weight excluding hydrogens is 188 g/mol. The van der Waals surface area contributed by atoms with Crippen LogP contribution in [0, 0.1) is 0 Å². The van der Waals surface area contributed by atoms with E-state index in [9.17, 15) is 0 Å². The quantitative estimate of drug-likeness (QED) is 0.622. The largest absolute Gasteiger partial charge is 0.380 e. The van der Waals surface area contributed by atoms with E-state index in [4.69, 9.17) is 4.74 Å². The first-order valence-electron chi connectivity index (χ1n) is 6.32. The van der Waals surface area contributed by atoms with Gasteiger partial charge in [0.05, 0.1) is 6.61 Å². The highest BCUT2D eigenvalue weighted by Gasteiger charge is 2.19. The molecule has 1 atom stereocenters. The van der Waals surface area contributed by atoms with E-state index in [1.54, 1.807) is 0 Å². The average molecular weight is 214 g/mol. The van der Waals surface area contributed by atoms with Crippen LogP contribution in [-0.4, -0.2) is 61.8 Å². The molecule has 1 rings (SSSR count). The number of nitrogens with zero attached hydrogens (tertiary/aromatic N) is 2. The molecule has 1 fully saturated rings. The number of piperazine rings is 1. The predicted molar refractivity (Wildman–Crippen MR) is 64.3 cm³/mol. The molecule has 15 heavy (non-hydrogen) atoms. The van der Waals surface area contributed by atoms with Gasteiger partial charge in [-0.2, -0.15) is 0 Å². The van der Waals surface area contributed by atoms with Crippen LogP contribution in [0.5, 0.6) is 0 Å². The molecule has 90 valence electrons. The Hall–Kier alpha value is -0.120. The minimum absolute atomic E-state index is 0.749. The van der Waals surface area contributed by atoms with E-state index in [0.717, 1.165) is 25.8 Å². The standard InChI is InChI=1S/C12H26N2O/c1-4-12(3)14-8-6-13(7-9-14)10-11-15-5-2/h12H,4-11H2,1-3H3. The van der Waals surface area contributed by atoms with Crippen LogP contribution in [-0.2, 0) is 4.74 Å². The van der Waals surface area contributed by atoms with E-state index in [-0.39, 0.29) is 0 Å². The molecule has 0 bridgehead atoms. The maximum atomic E-state index is 5.38. The van der Waals surface area contributed by atoms with Gasteiger partial charge in [0.15, 0.2) is 0 Å². The lowest BCUT2D eigenvalue weighted by molar-refractivity contribution is 0.0669. The van der Waals surface area contributed by atoms with Crippen LogP contribution in [0.25, 0.3) is 0 Å². The second kappa shape index (κ2) is 7.20. The fraction of sp³-hybridized carbons (Fsp3) is 1.00. The predicted octanol–water partition coefficient (Wildman–Crippen LogP) is 1.44. The van der Waals surface area contributed by atoms with Gasteiger partial charge in [0, 0.05) is 45.4 Å². The average Bonchev–Trinajstić information content (AvgIpc) is 2.29. The Morgan fingerprint density at radius 2 is 1.80 bits per heavy atom. The van der Waals surface area contributed by atoms with E-state index >= 15 is 0 Å². The van der Waals surface area contributed by atoms with Gasteiger partial charge in [-0.1, -0.05) is 6.92 Å². The lowest BCUT2D eigenvalue weighted by Gasteiger charge is -2.37. The topological polar surface area (TPSA) is 15.7 Å². The van der Waals surface area contributed by atoms with Crippen LogP contribution in [0.2, 0.25) is 0 Å². The summed E-state index contributed by atoms with van der Waals surface area (Å²) in [6.45, 7) is 14.3. The highest BCUT2D eigenvalue weighted by Crippen LogP contribution is 2.08. The zero-order chi connectivity index (χ0) is 11.1. The molecule has 0 aromatic heterocycles. The monoisotopic (exact) mass is 214 g/mol. The Morgan fingerprint density at radius 1 is 1.13 bits per heavy atom. The van der Waals surface area contributed by atoms with E-state index in [2.05, 4.69) is 30.6 Å². The first kappa shape index (κ1) is 12.9. The van der Waals surface area contributed by atoms with Crippen molar-refractivity contribution in [3.8, 4) is 0 Å². The molecule has 0 amide bonds. The molecule has 1 aliphatic rings. The number of ether oxygens (including phenoxy) is 1. The summed E-state index contributed by atoms with van der Waals surface area (Å²) in [6.07, 6.45) is 1.26. The van der Waals surface area contributed by atoms with E-state index in [1.807, 2.05) is 0 Å². The smallest absolute Gasteiger partial charge is 0.0593 e. The van der Waals surface area contributed by atoms with Crippen molar-refractivity contribution in [3.63, 3.8) is 0 Å². The Bertz CT molecular complexity index is 156. The summed E-state index contributed by atoms with van der Waals surface area (Å²) in [5.74, 6) is 0. The van der Waals surface area contributed by atoms with Crippen molar-refractivity contribution in [2.75, 3.05) is 45.9 Å². The highest BCUT2D eigenvalue weighted by atomic mass is 16.5. The third kappa shape index (κ3) is 4.49. The summed E-state index contributed by atoms with van der Waals surface area (Å²) in [5.41, 5.74) is 0. The molecule has 0 saturated carbocycles. The van der Waals surface area contributed by atoms with Crippen molar-refractivity contribution in [2.24, 2.45) is 0 Å². The third-order valence-corrected chi connectivity index (χ3v) is 3.38. The van der Waals surface area contributed by atoms with Crippen molar-refractivity contribution < 1.29 is 4.74 Å². The molecule has 0 spiro atoms. The molecular formula is C12H26N2O. The lowest BCUT2D eigenvalue weighted by atomic mass is 10.2. The van der Waals surface area contributed by atoms with Gasteiger partial charge in [-0.05, 0) is 20.3 Å². The molecule has 0 N–H and O–H groups in total. The number of rotatable bonds is 6. The molecule has 1 unspecified atom stereocenters. The zero-order valence-corrected chi connectivity index (χ0v) is 10.5. The molecule has 0 aromatic rings. The molecule has 1 saturated heterocycles. The third-order valence-electron chi connectivity index (χ3n) is 3.38. The van der Waals surface area contributed by atoms with Gasteiger partial charge in [0.1, 0.15) is 0 Å². The Kier molecular flexibility index (Phi) is 6.22. The minimum Gasteiger partial charge on any atom is -0.380 e. The fourth-order valence-corrected chi connectivity index (χ4v) is 2.02. The van der Waals surface area contributed by atoms with Crippen LogP contribution in [0.15, 0.2) is 0 Å². The van der Waals surface area contributed by atoms with Crippen LogP contribution in [0.4, 0.5) is 0 Å². The van der Waals surface area contributed by atoms with Gasteiger partial charge in [0.2, 0.25) is 0 Å². The van der Waals surface area contributed by atoms with Crippen LogP contribution in [0.1, 0.15) is 27.2 Å². The van der Waals surface area contributed by atoms with E-state index in [1.165, 1.54) is 32.6 Å². The van der Waals surface area contributed by atoms with Gasteiger partial charge < -0.3 is 4.74 Å². The number of hydrogen-bond acceptors (Lipinski definition) is 3. The highest BCUT2D eigenvalue weighted by molar-refractivity contribution is 4.75. The van der Waals surface area contributed by atoms with Gasteiger partial charge in [0.25, 0.3) is 0 Å². The van der Waals surface area contributed by atoms with Gasteiger partial charge >= 0.3 is 0 Å². The normalized spacial score (nSPS) is 21.8. The minimum atomic E-state index is 0.749. The summed E-state index contributed by atoms with van der Waals surface area (Å²) in [4.78, 5) is 5.10. The van der Waals surface area contributed by atoms with Crippen molar-refractivity contribution in [3.05, 3.63) is 0 Å². The van der Waals surface area contributed by atoms with Crippen LogP contribution in [0.3, 0.4) is 0 Å². The van der Waals surface area contributed by atoms with Gasteiger partial charge in [-0.15, -0.1) is 0 Å². The van der Waals surface area contributed by atoms with Gasteiger partial charge in [-0.25, -0.2) is 0 Å². The van der Waals surface area contributed by atoms with Crippen molar-refractivity contribution in [1.29, 1.82) is 0 Å². The summed E-state index contributed by atoms with van der Waals surface area (Å²) in [5, 5.41) is 0. The maximum Gasteiger partial charge on any atom is 0.0593 e. The molecule has 1 heterocycles. The van der Waals surface area contributed by atoms with Crippen molar-refractivity contribution in [2.45, 2.75) is 33.2 Å². The van der Waals surface area contributed by atoms with Crippen molar-refractivity contribution in [1.82, 2.24) is 9.80 Å². The van der Waals surface area contributed by atoms with Crippen LogP contribution < -0.4 is 0 Å². The zero-order valence-electron chi connectivity index (χ0n) is 10.5. The van der Waals surface area contributed by atoms with Crippen molar-refractivity contribution >= 4 is 0 Å². The first-order chi connectivity index (χ1) is 7.27. The molecule has 0 aromatic carbocycles. The summed E-state index contributed by atoms with van der Waals surface area (Å²) in [6, 6.07) is 0.749. The Morgan fingerprint density at radius 3 is 2.33 bits per heavy atom. The fourth-order valence-electron chi connectivity index (χ4n) is 2.02. The van der Waals surface area contributed by atoms with E-state index < -0.39 is 0 Å².